The Hall–Kier alpha value is -3.96. The molecular formula is C29H25NO4. The topological polar surface area (TPSA) is 83.6 Å². The Kier molecular flexibility index (Phi) is 5.64. The molecule has 0 aliphatic heterocycles. The predicted octanol–water partition coefficient (Wildman–Crippen LogP) is 6.18. The smallest absolute Gasteiger partial charge is 0.314 e. The van der Waals surface area contributed by atoms with Crippen molar-refractivity contribution in [1.82, 2.24) is 5.16 Å². The monoisotopic (exact) mass is 451 g/mol. The van der Waals surface area contributed by atoms with Crippen molar-refractivity contribution in [3.8, 4) is 22.5 Å². The highest BCUT2D eigenvalue weighted by molar-refractivity contribution is 5.85. The summed E-state index contributed by atoms with van der Waals surface area (Å²) in [6.45, 7) is 1.82. The molecule has 1 atom stereocenters. The molecule has 1 aliphatic rings. The molecule has 1 aliphatic carbocycles. The number of carboxylic acids is 1. The van der Waals surface area contributed by atoms with Gasteiger partial charge >= 0.3 is 5.97 Å². The van der Waals surface area contributed by atoms with Crippen LogP contribution >= 0.6 is 0 Å². The molecular weight excluding hydrogens is 426 g/mol. The standard InChI is InChI=1S/C29H25NO4/c1-19-26(25(31)16-7-20-5-3-2-4-6-20)27(34-30-19)23-10-8-21(9-11-23)22-12-14-24(15-13-22)29(17-18-29)28(32)33/h2-16,25,31H,17-18H2,1H3,(H,32,33)/b16-7+. The zero-order valence-corrected chi connectivity index (χ0v) is 18.8. The fraction of sp³-hybridized carbons (Fsp3) is 0.172. The highest BCUT2D eigenvalue weighted by Crippen LogP contribution is 2.48. The van der Waals surface area contributed by atoms with E-state index in [9.17, 15) is 15.0 Å². The highest BCUT2D eigenvalue weighted by atomic mass is 16.5. The van der Waals surface area contributed by atoms with Crippen LogP contribution in [0.25, 0.3) is 28.5 Å². The van der Waals surface area contributed by atoms with Crippen LogP contribution in [0.15, 0.2) is 89.5 Å². The number of nitrogens with zero attached hydrogens (tertiary/aromatic N) is 1. The van der Waals surface area contributed by atoms with E-state index in [1.54, 1.807) is 6.08 Å². The molecule has 5 heteroatoms. The van der Waals surface area contributed by atoms with Gasteiger partial charge in [-0.3, -0.25) is 4.79 Å². The van der Waals surface area contributed by atoms with Crippen molar-refractivity contribution in [2.24, 2.45) is 0 Å². The lowest BCUT2D eigenvalue weighted by Gasteiger charge is -2.11. The fourth-order valence-corrected chi connectivity index (χ4v) is 4.34. The summed E-state index contributed by atoms with van der Waals surface area (Å²) < 4.78 is 5.58. The number of aliphatic hydroxyl groups is 1. The first-order valence-electron chi connectivity index (χ1n) is 11.3. The van der Waals surface area contributed by atoms with Gasteiger partial charge in [0, 0.05) is 5.56 Å². The summed E-state index contributed by atoms with van der Waals surface area (Å²) in [5.41, 5.74) is 5.31. The van der Waals surface area contributed by atoms with Gasteiger partial charge in [-0.05, 0) is 42.0 Å². The molecule has 1 saturated carbocycles. The molecule has 1 unspecified atom stereocenters. The molecule has 0 amide bonds. The summed E-state index contributed by atoms with van der Waals surface area (Å²) in [6, 6.07) is 25.4. The van der Waals surface area contributed by atoms with Gasteiger partial charge in [0.2, 0.25) is 0 Å². The second-order valence-corrected chi connectivity index (χ2v) is 8.77. The molecule has 5 rings (SSSR count). The summed E-state index contributed by atoms with van der Waals surface area (Å²) in [7, 11) is 0. The molecule has 0 radical (unpaired) electrons. The molecule has 4 aromatic rings. The number of rotatable bonds is 7. The van der Waals surface area contributed by atoms with Crippen LogP contribution in [0, 0.1) is 6.92 Å². The number of carboxylic acid groups (broad SMARTS) is 1. The predicted molar refractivity (Wildman–Crippen MR) is 131 cm³/mol. The van der Waals surface area contributed by atoms with E-state index >= 15 is 0 Å². The third-order valence-corrected chi connectivity index (χ3v) is 6.55. The van der Waals surface area contributed by atoms with Gasteiger partial charge in [0.15, 0.2) is 5.76 Å². The zero-order chi connectivity index (χ0) is 23.7. The molecule has 170 valence electrons. The Labute approximate surface area is 198 Å². The fourth-order valence-electron chi connectivity index (χ4n) is 4.34. The van der Waals surface area contributed by atoms with Gasteiger partial charge in [0.05, 0.1) is 16.7 Å². The summed E-state index contributed by atoms with van der Waals surface area (Å²) in [5.74, 6) is -0.203. The van der Waals surface area contributed by atoms with Gasteiger partial charge < -0.3 is 14.7 Å². The van der Waals surface area contributed by atoms with Crippen molar-refractivity contribution < 1.29 is 19.5 Å². The molecule has 0 bridgehead atoms. The maximum atomic E-state index is 11.6. The average molecular weight is 452 g/mol. The van der Waals surface area contributed by atoms with E-state index < -0.39 is 17.5 Å². The number of hydrogen-bond donors (Lipinski definition) is 2. The lowest BCUT2D eigenvalue weighted by Crippen LogP contribution is -2.19. The first-order valence-corrected chi connectivity index (χ1v) is 11.3. The van der Waals surface area contributed by atoms with Gasteiger partial charge in [0.25, 0.3) is 0 Å². The van der Waals surface area contributed by atoms with Crippen LogP contribution in [0.5, 0.6) is 0 Å². The zero-order valence-electron chi connectivity index (χ0n) is 18.8. The number of aliphatic hydroxyl groups excluding tert-OH is 1. The minimum atomic E-state index is -0.849. The van der Waals surface area contributed by atoms with Crippen LogP contribution in [0.1, 0.15) is 41.3 Å². The molecule has 1 heterocycles. The summed E-state index contributed by atoms with van der Waals surface area (Å²) >= 11 is 0. The number of benzene rings is 3. The Morgan fingerprint density at radius 2 is 1.53 bits per heavy atom. The molecule has 0 spiro atoms. The maximum absolute atomic E-state index is 11.6. The first kappa shape index (κ1) is 21.9. The van der Waals surface area contributed by atoms with Crippen LogP contribution in [0.2, 0.25) is 0 Å². The second kappa shape index (κ2) is 8.76. The maximum Gasteiger partial charge on any atom is 0.314 e. The molecule has 5 nitrogen and oxygen atoms in total. The van der Waals surface area contributed by atoms with Gasteiger partial charge in [-0.25, -0.2) is 0 Å². The molecule has 1 fully saturated rings. The van der Waals surface area contributed by atoms with Gasteiger partial charge in [-0.15, -0.1) is 0 Å². The Morgan fingerprint density at radius 1 is 0.941 bits per heavy atom. The first-order chi connectivity index (χ1) is 16.5. The van der Waals surface area contributed by atoms with Gasteiger partial charge in [-0.1, -0.05) is 96.2 Å². The summed E-state index contributed by atoms with van der Waals surface area (Å²) in [6.07, 6.45) is 4.16. The third-order valence-electron chi connectivity index (χ3n) is 6.55. The van der Waals surface area contributed by atoms with Crippen molar-refractivity contribution in [2.75, 3.05) is 0 Å². The average Bonchev–Trinajstić information content (AvgIpc) is 3.60. The number of aryl methyl sites for hydroxylation is 1. The number of hydrogen-bond acceptors (Lipinski definition) is 4. The van der Waals surface area contributed by atoms with E-state index in [1.165, 1.54) is 0 Å². The quantitative estimate of drug-likeness (QED) is 0.351. The largest absolute Gasteiger partial charge is 0.481 e. The third kappa shape index (κ3) is 4.06. The lowest BCUT2D eigenvalue weighted by molar-refractivity contribution is -0.140. The number of carbonyl (C=O) groups is 1. The molecule has 1 aromatic heterocycles. The minimum absolute atomic E-state index is 0.543. The Morgan fingerprint density at radius 3 is 2.12 bits per heavy atom. The normalized spacial score (nSPS) is 15.4. The Balaban J connectivity index is 1.37. The SMILES string of the molecule is Cc1noc(-c2ccc(-c3ccc(C4(C(=O)O)CC4)cc3)cc2)c1C(O)/C=C/c1ccccc1. The molecule has 3 aromatic carbocycles. The molecule has 2 N–H and O–H groups in total. The van der Waals surface area contributed by atoms with Gasteiger partial charge in [-0.2, -0.15) is 0 Å². The van der Waals surface area contributed by atoms with E-state index in [1.807, 2.05) is 91.9 Å². The van der Waals surface area contributed by atoms with Crippen LogP contribution < -0.4 is 0 Å². The van der Waals surface area contributed by atoms with E-state index in [0.717, 1.165) is 27.8 Å². The van der Waals surface area contributed by atoms with Crippen molar-refractivity contribution in [3.63, 3.8) is 0 Å². The lowest BCUT2D eigenvalue weighted by atomic mass is 9.93. The van der Waals surface area contributed by atoms with E-state index in [2.05, 4.69) is 5.16 Å². The minimum Gasteiger partial charge on any atom is -0.481 e. The van der Waals surface area contributed by atoms with Crippen LogP contribution in [-0.4, -0.2) is 21.3 Å². The van der Waals surface area contributed by atoms with Crippen molar-refractivity contribution in [3.05, 3.63) is 107 Å². The number of aliphatic carboxylic acids is 1. The van der Waals surface area contributed by atoms with E-state index in [-0.39, 0.29) is 0 Å². The van der Waals surface area contributed by atoms with Gasteiger partial charge in [0.1, 0.15) is 6.10 Å². The molecule has 34 heavy (non-hydrogen) atoms. The second-order valence-electron chi connectivity index (χ2n) is 8.77. The summed E-state index contributed by atoms with van der Waals surface area (Å²) in [5, 5.41) is 24.4. The summed E-state index contributed by atoms with van der Waals surface area (Å²) in [4.78, 5) is 11.6. The van der Waals surface area contributed by atoms with Crippen molar-refractivity contribution in [1.29, 1.82) is 0 Å². The molecule has 0 saturated heterocycles. The Bertz CT molecular complexity index is 1330. The van der Waals surface area contributed by atoms with Crippen LogP contribution in [-0.2, 0) is 10.2 Å². The van der Waals surface area contributed by atoms with E-state index in [4.69, 9.17) is 4.52 Å². The van der Waals surface area contributed by atoms with E-state index in [0.29, 0.717) is 29.9 Å². The van der Waals surface area contributed by atoms with Crippen molar-refractivity contribution >= 4 is 12.0 Å². The van der Waals surface area contributed by atoms with Crippen LogP contribution in [0.3, 0.4) is 0 Å². The van der Waals surface area contributed by atoms with Crippen LogP contribution in [0.4, 0.5) is 0 Å². The highest BCUT2D eigenvalue weighted by Gasteiger charge is 2.51. The number of aromatic nitrogens is 1. The van der Waals surface area contributed by atoms with Crippen molar-refractivity contribution in [2.45, 2.75) is 31.3 Å².